The van der Waals surface area contributed by atoms with Gasteiger partial charge in [-0.05, 0) is 35.9 Å². The molecule has 0 saturated heterocycles. The number of nitrogens with zero attached hydrogens (tertiary/aromatic N) is 4. The molecule has 5 rings (SSSR count). The number of fused-ring (bicyclic) bond motifs is 1. The summed E-state index contributed by atoms with van der Waals surface area (Å²) in [6.45, 7) is -0.929. The Morgan fingerprint density at radius 2 is 1.74 bits per heavy atom. The van der Waals surface area contributed by atoms with Gasteiger partial charge in [0.2, 0.25) is 0 Å². The molecule has 0 N–H and O–H groups in total. The summed E-state index contributed by atoms with van der Waals surface area (Å²) < 4.78 is 74.1. The van der Waals surface area contributed by atoms with Gasteiger partial charge in [0, 0.05) is 29.0 Å². The van der Waals surface area contributed by atoms with Crippen molar-refractivity contribution in [1.29, 1.82) is 0 Å². The first kappa shape index (κ1) is 21.7. The first-order chi connectivity index (χ1) is 16.3. The molecule has 2 aliphatic rings. The van der Waals surface area contributed by atoms with E-state index in [1.807, 2.05) is 0 Å². The lowest BCUT2D eigenvalue weighted by molar-refractivity contribution is -0.137. The van der Waals surface area contributed by atoms with Gasteiger partial charge in [0.25, 0.3) is 0 Å². The maximum absolute atomic E-state index is 14.1. The number of alkyl halides is 4. The first-order valence-corrected chi connectivity index (χ1v) is 10.1. The number of halogens is 5. The monoisotopic (exact) mass is 470 g/mol. The molecule has 3 heterocycles. The third kappa shape index (κ3) is 4.14. The van der Waals surface area contributed by atoms with Crippen molar-refractivity contribution in [2.45, 2.75) is 19.4 Å². The Bertz CT molecular complexity index is 1440. The maximum atomic E-state index is 14.1. The van der Waals surface area contributed by atoms with Crippen molar-refractivity contribution >= 4 is 0 Å². The molecule has 0 aliphatic carbocycles. The van der Waals surface area contributed by atoms with Crippen LogP contribution < -0.4 is 0 Å². The zero-order chi connectivity index (χ0) is 23.9. The lowest BCUT2D eigenvalue weighted by Crippen LogP contribution is -2.08. The molecule has 0 atom stereocenters. The van der Waals surface area contributed by atoms with Crippen LogP contribution in [0.5, 0.6) is 0 Å². The van der Waals surface area contributed by atoms with Gasteiger partial charge in [0.05, 0.1) is 11.3 Å². The molecule has 0 unspecified atom stereocenters. The van der Waals surface area contributed by atoms with Crippen LogP contribution in [0.4, 0.5) is 22.0 Å². The number of aromatic nitrogens is 4. The molecule has 0 spiro atoms. The van der Waals surface area contributed by atoms with E-state index in [1.54, 1.807) is 36.5 Å². The van der Waals surface area contributed by atoms with Crippen LogP contribution in [-0.2, 0) is 19.4 Å². The van der Waals surface area contributed by atoms with E-state index in [-0.39, 0.29) is 29.1 Å². The summed E-state index contributed by atoms with van der Waals surface area (Å²) in [6, 6.07) is 14.3. The molecule has 34 heavy (non-hydrogen) atoms. The Labute approximate surface area is 189 Å². The fourth-order valence-corrected chi connectivity index (χ4v) is 3.65. The molecule has 0 radical (unpaired) electrons. The number of hydrogen-bond acceptors (Lipinski definition) is 4. The van der Waals surface area contributed by atoms with Crippen LogP contribution in [0.2, 0.25) is 0 Å². The van der Waals surface area contributed by atoms with Crippen LogP contribution in [0.1, 0.15) is 16.9 Å². The Morgan fingerprint density at radius 1 is 0.912 bits per heavy atom. The van der Waals surface area contributed by atoms with Crippen molar-refractivity contribution in [3.8, 4) is 33.9 Å². The van der Waals surface area contributed by atoms with Gasteiger partial charge in [-0.3, -0.25) is 4.68 Å². The normalized spacial score (nSPS) is 11.9. The minimum atomic E-state index is -4.68. The van der Waals surface area contributed by atoms with Gasteiger partial charge in [0.15, 0.2) is 11.6 Å². The molecule has 2 aromatic carbocycles. The van der Waals surface area contributed by atoms with E-state index in [0.29, 0.717) is 22.6 Å². The van der Waals surface area contributed by atoms with E-state index in [0.717, 1.165) is 6.07 Å². The number of rotatable bonds is 5. The summed E-state index contributed by atoms with van der Waals surface area (Å²) in [5.41, 5.74) is 0.197. The van der Waals surface area contributed by atoms with Crippen molar-refractivity contribution in [1.82, 2.24) is 19.9 Å². The van der Waals surface area contributed by atoms with Crippen LogP contribution in [0.3, 0.4) is 0 Å². The Morgan fingerprint density at radius 3 is 2.50 bits per heavy atom. The number of hydrogen-bond donors (Lipinski definition) is 0. The van der Waals surface area contributed by atoms with E-state index >= 15 is 0 Å². The van der Waals surface area contributed by atoms with Gasteiger partial charge in [-0.2, -0.15) is 18.3 Å². The second-order valence-corrected chi connectivity index (χ2v) is 7.60. The largest absolute Gasteiger partial charge is 0.417 e. The Balaban J connectivity index is 1.43. The summed E-state index contributed by atoms with van der Waals surface area (Å²) in [7, 11) is 0. The highest BCUT2D eigenvalue weighted by molar-refractivity contribution is 5.71. The highest BCUT2D eigenvalue weighted by Gasteiger charge is 2.34. The quantitative estimate of drug-likeness (QED) is 0.280. The standard InChI is InChI=1S/C24H15F5N4O/c25-12-14-5-6-17(19(9-14)24(27,28)29)22-11-16(34-32-22)13-33-8-7-15-10-21(30-23(15)31-33)18-3-1-2-4-20(18)26/h1-11H,12-13H2. The molecular weight excluding hydrogens is 455 g/mol. The van der Waals surface area contributed by atoms with Crippen LogP contribution in [-0.4, -0.2) is 19.9 Å². The van der Waals surface area contributed by atoms with Crippen molar-refractivity contribution in [2.24, 2.45) is 0 Å². The molecule has 10 heteroatoms. The summed E-state index contributed by atoms with van der Waals surface area (Å²) in [4.78, 5) is 4.38. The van der Waals surface area contributed by atoms with E-state index in [4.69, 9.17) is 4.52 Å². The van der Waals surface area contributed by atoms with Gasteiger partial charge in [-0.1, -0.05) is 29.4 Å². The topological polar surface area (TPSA) is 56.7 Å². The third-order valence-electron chi connectivity index (χ3n) is 5.27. The average molecular weight is 470 g/mol. The second kappa shape index (κ2) is 8.36. The molecule has 5 nitrogen and oxygen atoms in total. The zero-order valence-corrected chi connectivity index (χ0v) is 17.4. The average Bonchev–Trinajstić information content (AvgIpc) is 3.45. The molecule has 3 aromatic rings. The van der Waals surface area contributed by atoms with E-state index in [2.05, 4.69) is 15.2 Å². The molecule has 1 aromatic heterocycles. The molecule has 0 fully saturated rings. The van der Waals surface area contributed by atoms with Crippen molar-refractivity contribution in [2.75, 3.05) is 0 Å². The van der Waals surface area contributed by atoms with Gasteiger partial charge < -0.3 is 4.52 Å². The predicted molar refractivity (Wildman–Crippen MR) is 113 cm³/mol. The van der Waals surface area contributed by atoms with Gasteiger partial charge in [-0.15, -0.1) is 0 Å². The van der Waals surface area contributed by atoms with E-state index < -0.39 is 24.2 Å². The zero-order valence-electron chi connectivity index (χ0n) is 17.4. The molecule has 172 valence electrons. The molecule has 0 saturated carbocycles. The van der Waals surface area contributed by atoms with Crippen molar-refractivity contribution in [3.63, 3.8) is 0 Å². The summed E-state index contributed by atoms with van der Waals surface area (Å²) >= 11 is 0. The Kier molecular flexibility index (Phi) is 5.35. The third-order valence-corrected chi connectivity index (χ3v) is 5.27. The molecule has 0 bridgehead atoms. The summed E-state index contributed by atoms with van der Waals surface area (Å²) in [6.07, 6.45) is -3.03. The van der Waals surface area contributed by atoms with Crippen molar-refractivity contribution in [3.05, 3.63) is 89.6 Å². The van der Waals surface area contributed by atoms with Crippen LogP contribution in [0, 0.1) is 5.82 Å². The lowest BCUT2D eigenvalue weighted by Gasteiger charge is -2.12. The second-order valence-electron chi connectivity index (χ2n) is 7.60. The molecule has 2 aliphatic heterocycles. The van der Waals surface area contributed by atoms with Gasteiger partial charge in [-0.25, -0.2) is 13.8 Å². The van der Waals surface area contributed by atoms with Crippen molar-refractivity contribution < 1.29 is 26.5 Å². The van der Waals surface area contributed by atoms with Crippen LogP contribution in [0.15, 0.2) is 71.4 Å². The molecular formula is C24H15F5N4O. The SMILES string of the molecule is FCc1ccc(-c2cc(Cn3ccc4cc(-c5ccccc5F)nc-4n3)on2)c(C(F)(F)F)c1. The minimum Gasteiger partial charge on any atom is -0.359 e. The van der Waals surface area contributed by atoms with Gasteiger partial charge in [0.1, 0.15) is 24.7 Å². The van der Waals surface area contributed by atoms with E-state index in [1.165, 1.54) is 28.9 Å². The highest BCUT2D eigenvalue weighted by Crippen LogP contribution is 2.38. The fraction of sp³-hybridized carbons (Fsp3) is 0.125. The predicted octanol–water partition coefficient (Wildman–Crippen LogP) is 6.38. The maximum Gasteiger partial charge on any atom is 0.417 e. The summed E-state index contributed by atoms with van der Waals surface area (Å²) in [5, 5.41) is 8.14. The Hall–Kier alpha value is -4.08. The summed E-state index contributed by atoms with van der Waals surface area (Å²) in [5.74, 6) is 0.238. The van der Waals surface area contributed by atoms with Crippen LogP contribution in [0.25, 0.3) is 33.9 Å². The minimum absolute atomic E-state index is 0.0253. The lowest BCUT2D eigenvalue weighted by atomic mass is 10.0. The van der Waals surface area contributed by atoms with E-state index in [9.17, 15) is 22.0 Å². The fourth-order valence-electron chi connectivity index (χ4n) is 3.65. The number of benzene rings is 2. The highest BCUT2D eigenvalue weighted by atomic mass is 19.4. The van der Waals surface area contributed by atoms with Gasteiger partial charge >= 0.3 is 6.18 Å². The smallest absolute Gasteiger partial charge is 0.359 e. The molecule has 0 amide bonds. The first-order valence-electron chi connectivity index (χ1n) is 10.1. The van der Waals surface area contributed by atoms with Crippen LogP contribution >= 0.6 is 0 Å².